The molecule has 1 aliphatic heterocycles. The highest BCUT2D eigenvalue weighted by molar-refractivity contribution is 5.10. The van der Waals surface area contributed by atoms with Gasteiger partial charge in [0.2, 0.25) is 0 Å². The molecule has 2 aliphatic rings. The lowest BCUT2D eigenvalue weighted by Crippen LogP contribution is -2.69. The summed E-state index contributed by atoms with van der Waals surface area (Å²) in [5.41, 5.74) is 0.178. The lowest BCUT2D eigenvalue weighted by atomic mass is 9.55. The molecule has 2 rings (SSSR count). The van der Waals surface area contributed by atoms with E-state index in [2.05, 4.69) is 19.2 Å². The van der Waals surface area contributed by atoms with E-state index in [1.807, 2.05) is 0 Å². The Morgan fingerprint density at radius 2 is 2.29 bits per heavy atom. The zero-order valence-corrected chi connectivity index (χ0v) is 11.1. The zero-order chi connectivity index (χ0) is 12.5. The minimum atomic E-state index is -0.417. The van der Waals surface area contributed by atoms with Crippen LogP contribution in [0.4, 0.5) is 0 Å². The fraction of sp³-hybridized carbons (Fsp3) is 1.00. The van der Waals surface area contributed by atoms with E-state index < -0.39 is 6.10 Å². The highest BCUT2D eigenvalue weighted by atomic mass is 16.5. The van der Waals surface area contributed by atoms with Gasteiger partial charge in [-0.1, -0.05) is 13.8 Å². The second kappa shape index (κ2) is 5.22. The third-order valence-electron chi connectivity index (χ3n) is 4.26. The van der Waals surface area contributed by atoms with Gasteiger partial charge >= 0.3 is 0 Å². The molecule has 4 heteroatoms. The third-order valence-corrected chi connectivity index (χ3v) is 4.26. The standard InChI is InChI=1S/C13H25NO3/c1-13(2)11(14-7-9(15)8-16-3)10-5-4-6-17-12(10)13/h9-12,14-15H,4-8H2,1-3H3. The van der Waals surface area contributed by atoms with Crippen LogP contribution in [0.2, 0.25) is 0 Å². The predicted octanol–water partition coefficient (Wildman–Crippen LogP) is 0.787. The van der Waals surface area contributed by atoms with Crippen molar-refractivity contribution < 1.29 is 14.6 Å². The van der Waals surface area contributed by atoms with Gasteiger partial charge in [-0.25, -0.2) is 0 Å². The largest absolute Gasteiger partial charge is 0.389 e. The molecule has 0 aromatic heterocycles. The second-order valence-electron chi connectivity index (χ2n) is 5.91. The van der Waals surface area contributed by atoms with E-state index in [0.717, 1.165) is 13.0 Å². The van der Waals surface area contributed by atoms with E-state index in [4.69, 9.17) is 9.47 Å². The number of rotatable bonds is 5. The van der Waals surface area contributed by atoms with Crippen molar-refractivity contribution in [2.45, 2.75) is 44.9 Å². The highest BCUT2D eigenvalue weighted by Gasteiger charge is 2.57. The van der Waals surface area contributed by atoms with E-state index in [1.54, 1.807) is 7.11 Å². The summed E-state index contributed by atoms with van der Waals surface area (Å²) in [4.78, 5) is 0. The van der Waals surface area contributed by atoms with Gasteiger partial charge in [0.25, 0.3) is 0 Å². The van der Waals surface area contributed by atoms with Crippen molar-refractivity contribution in [3.8, 4) is 0 Å². The van der Waals surface area contributed by atoms with Crippen molar-refractivity contribution in [3.63, 3.8) is 0 Å². The molecule has 0 radical (unpaired) electrons. The number of aliphatic hydroxyl groups excluding tert-OH is 1. The first-order chi connectivity index (χ1) is 8.07. The van der Waals surface area contributed by atoms with Crippen molar-refractivity contribution in [2.75, 3.05) is 26.9 Å². The number of aliphatic hydroxyl groups is 1. The monoisotopic (exact) mass is 243 g/mol. The summed E-state index contributed by atoms with van der Waals surface area (Å²) in [6.07, 6.45) is 2.38. The topological polar surface area (TPSA) is 50.7 Å². The number of fused-ring (bicyclic) bond motifs is 1. The Morgan fingerprint density at radius 1 is 1.53 bits per heavy atom. The Morgan fingerprint density at radius 3 is 3.00 bits per heavy atom. The van der Waals surface area contributed by atoms with Gasteiger partial charge in [-0.15, -0.1) is 0 Å². The quantitative estimate of drug-likeness (QED) is 0.749. The highest BCUT2D eigenvalue weighted by Crippen LogP contribution is 2.51. The smallest absolute Gasteiger partial charge is 0.0897 e. The lowest BCUT2D eigenvalue weighted by Gasteiger charge is -2.60. The van der Waals surface area contributed by atoms with Gasteiger partial charge in [0.1, 0.15) is 0 Å². The maximum atomic E-state index is 9.67. The SMILES string of the molecule is COCC(O)CNC1C2CCCOC2C1(C)C. The van der Waals surface area contributed by atoms with Crippen LogP contribution in [0.25, 0.3) is 0 Å². The maximum absolute atomic E-state index is 9.67. The van der Waals surface area contributed by atoms with Crippen LogP contribution in [0.3, 0.4) is 0 Å². The Balaban J connectivity index is 1.84. The summed E-state index contributed by atoms with van der Waals surface area (Å²) in [7, 11) is 1.61. The van der Waals surface area contributed by atoms with Gasteiger partial charge in [-0.3, -0.25) is 0 Å². The molecular weight excluding hydrogens is 218 g/mol. The first-order valence-electron chi connectivity index (χ1n) is 6.59. The van der Waals surface area contributed by atoms with Crippen LogP contribution >= 0.6 is 0 Å². The molecule has 1 heterocycles. The second-order valence-corrected chi connectivity index (χ2v) is 5.91. The van der Waals surface area contributed by atoms with Crippen LogP contribution in [-0.2, 0) is 9.47 Å². The van der Waals surface area contributed by atoms with E-state index in [-0.39, 0.29) is 5.41 Å². The van der Waals surface area contributed by atoms with E-state index >= 15 is 0 Å². The molecule has 100 valence electrons. The van der Waals surface area contributed by atoms with Crippen LogP contribution in [0.15, 0.2) is 0 Å². The molecular formula is C13H25NO3. The fourth-order valence-corrected chi connectivity index (χ4v) is 3.45. The molecule has 4 nitrogen and oxygen atoms in total. The van der Waals surface area contributed by atoms with Crippen molar-refractivity contribution in [1.82, 2.24) is 5.32 Å². The molecule has 4 atom stereocenters. The number of hydrogen-bond donors (Lipinski definition) is 2. The summed E-state index contributed by atoms with van der Waals surface area (Å²) in [5.74, 6) is 0.619. The van der Waals surface area contributed by atoms with Crippen molar-refractivity contribution >= 4 is 0 Å². The first-order valence-corrected chi connectivity index (χ1v) is 6.59. The van der Waals surface area contributed by atoms with Gasteiger partial charge in [0.05, 0.1) is 18.8 Å². The molecule has 0 aromatic carbocycles. The molecule has 2 fully saturated rings. The summed E-state index contributed by atoms with van der Waals surface area (Å²) in [6, 6.07) is 0.458. The normalized spacial score (nSPS) is 37.1. The molecule has 2 N–H and O–H groups in total. The number of ether oxygens (including phenoxy) is 2. The molecule has 0 amide bonds. The fourth-order valence-electron chi connectivity index (χ4n) is 3.45. The van der Waals surface area contributed by atoms with Crippen molar-refractivity contribution in [2.24, 2.45) is 11.3 Å². The van der Waals surface area contributed by atoms with Gasteiger partial charge in [-0.2, -0.15) is 0 Å². The minimum absolute atomic E-state index is 0.178. The van der Waals surface area contributed by atoms with Gasteiger partial charge in [0.15, 0.2) is 0 Å². The van der Waals surface area contributed by atoms with Crippen LogP contribution < -0.4 is 5.32 Å². The van der Waals surface area contributed by atoms with E-state index in [0.29, 0.717) is 31.2 Å². The van der Waals surface area contributed by atoms with E-state index in [1.165, 1.54) is 6.42 Å². The molecule has 1 saturated carbocycles. The Kier molecular flexibility index (Phi) is 4.08. The summed E-state index contributed by atoms with van der Waals surface area (Å²) in [6.45, 7) is 6.40. The van der Waals surface area contributed by atoms with E-state index in [9.17, 15) is 5.11 Å². The Bertz CT molecular complexity index is 257. The molecule has 0 bridgehead atoms. The summed E-state index contributed by atoms with van der Waals surface area (Å²) < 4.78 is 10.8. The summed E-state index contributed by atoms with van der Waals surface area (Å²) in [5, 5.41) is 13.1. The first kappa shape index (κ1) is 13.3. The molecule has 4 unspecified atom stereocenters. The van der Waals surface area contributed by atoms with Gasteiger partial charge in [-0.05, 0) is 12.8 Å². The average molecular weight is 243 g/mol. The lowest BCUT2D eigenvalue weighted by molar-refractivity contribution is -0.193. The summed E-state index contributed by atoms with van der Waals surface area (Å²) >= 11 is 0. The van der Waals surface area contributed by atoms with Crippen LogP contribution in [0, 0.1) is 11.3 Å². The van der Waals surface area contributed by atoms with Crippen LogP contribution in [-0.4, -0.2) is 50.2 Å². The number of hydrogen-bond acceptors (Lipinski definition) is 4. The predicted molar refractivity (Wildman–Crippen MR) is 65.9 cm³/mol. The van der Waals surface area contributed by atoms with Crippen LogP contribution in [0.5, 0.6) is 0 Å². The van der Waals surface area contributed by atoms with Crippen molar-refractivity contribution in [3.05, 3.63) is 0 Å². The number of methoxy groups -OCH3 is 1. The van der Waals surface area contributed by atoms with Gasteiger partial charge in [0, 0.05) is 37.6 Å². The molecule has 17 heavy (non-hydrogen) atoms. The molecule has 1 aliphatic carbocycles. The van der Waals surface area contributed by atoms with Crippen LogP contribution in [0.1, 0.15) is 26.7 Å². The van der Waals surface area contributed by atoms with Gasteiger partial charge < -0.3 is 19.9 Å². The Hall–Kier alpha value is -0.160. The van der Waals surface area contributed by atoms with Crippen molar-refractivity contribution in [1.29, 1.82) is 0 Å². The Labute approximate surface area is 104 Å². The molecule has 0 aromatic rings. The molecule has 0 spiro atoms. The zero-order valence-electron chi connectivity index (χ0n) is 11.1. The average Bonchev–Trinajstić information content (AvgIpc) is 2.29. The molecule has 1 saturated heterocycles. The maximum Gasteiger partial charge on any atom is 0.0897 e. The number of nitrogens with one attached hydrogen (secondary N) is 1. The third kappa shape index (κ3) is 2.50. The minimum Gasteiger partial charge on any atom is -0.389 e.